The molecule has 0 aromatic heterocycles. The Hall–Kier alpha value is -3.47. The predicted molar refractivity (Wildman–Crippen MR) is 126 cm³/mol. The summed E-state index contributed by atoms with van der Waals surface area (Å²) in [5.74, 6) is 0.0170. The van der Waals surface area contributed by atoms with Gasteiger partial charge in [0.05, 0.1) is 13.0 Å². The Kier molecular flexibility index (Phi) is 5.95. The first-order valence-corrected chi connectivity index (χ1v) is 11.6. The maximum atomic E-state index is 13.3. The lowest BCUT2D eigenvalue weighted by Gasteiger charge is -2.29. The Bertz CT molecular complexity index is 1150. The molecule has 0 atom stereocenters. The third-order valence-corrected chi connectivity index (χ3v) is 6.53. The highest BCUT2D eigenvalue weighted by molar-refractivity contribution is 5.96. The van der Waals surface area contributed by atoms with Gasteiger partial charge in [0.2, 0.25) is 11.8 Å². The first-order valence-electron chi connectivity index (χ1n) is 11.6. The van der Waals surface area contributed by atoms with E-state index in [2.05, 4.69) is 12.1 Å². The van der Waals surface area contributed by atoms with Crippen molar-refractivity contribution in [3.8, 4) is 0 Å². The molecule has 3 aromatic carbocycles. The topological polar surface area (TPSA) is 40.6 Å². The van der Waals surface area contributed by atoms with Crippen LogP contribution >= 0.6 is 0 Å². The molecule has 2 aliphatic rings. The van der Waals surface area contributed by atoms with E-state index in [4.69, 9.17) is 0 Å². The monoisotopic (exact) mass is 442 g/mol. The van der Waals surface area contributed by atoms with Gasteiger partial charge in [0, 0.05) is 24.7 Å². The fourth-order valence-electron chi connectivity index (χ4n) is 4.41. The van der Waals surface area contributed by atoms with Crippen molar-refractivity contribution in [3.63, 3.8) is 0 Å². The lowest BCUT2D eigenvalue weighted by molar-refractivity contribution is -0.131. The van der Waals surface area contributed by atoms with Gasteiger partial charge in [-0.15, -0.1) is 0 Å². The molecule has 0 saturated heterocycles. The van der Waals surface area contributed by atoms with Crippen LogP contribution in [0.1, 0.15) is 35.1 Å². The summed E-state index contributed by atoms with van der Waals surface area (Å²) in [6, 6.07) is 22.3. The fraction of sp³-hybridized carbons (Fsp3) is 0.286. The van der Waals surface area contributed by atoms with Crippen molar-refractivity contribution >= 4 is 17.5 Å². The number of halogens is 1. The summed E-state index contributed by atoms with van der Waals surface area (Å²) in [5, 5.41) is 0. The average Bonchev–Trinajstić information content (AvgIpc) is 3.69. The van der Waals surface area contributed by atoms with Gasteiger partial charge in [-0.1, -0.05) is 48.5 Å². The molecule has 1 heterocycles. The second kappa shape index (κ2) is 9.18. The summed E-state index contributed by atoms with van der Waals surface area (Å²) in [5.41, 5.74) is 5.17. The van der Waals surface area contributed by atoms with E-state index in [1.165, 1.54) is 23.3 Å². The van der Waals surface area contributed by atoms with Gasteiger partial charge < -0.3 is 9.80 Å². The molecule has 0 bridgehead atoms. The minimum Gasteiger partial charge on any atom is -0.338 e. The van der Waals surface area contributed by atoms with E-state index >= 15 is 0 Å². The van der Waals surface area contributed by atoms with Crippen LogP contribution in [-0.4, -0.2) is 23.3 Å². The number of carbonyl (C=O) groups excluding carboxylic acids is 2. The van der Waals surface area contributed by atoms with Gasteiger partial charge in [0.15, 0.2) is 0 Å². The standard InChI is InChI=1S/C28H27FN2O2/c29-25-11-5-21(6-12-25)18-31(28(33)23-9-10-23)26-13-7-20(8-14-26)17-27(32)30-16-15-22-3-1-2-4-24(22)19-30/h1-8,11-14,23H,9-10,15-19H2. The van der Waals surface area contributed by atoms with Crippen LogP contribution in [0, 0.1) is 11.7 Å². The fourth-order valence-corrected chi connectivity index (χ4v) is 4.41. The molecule has 1 aliphatic carbocycles. The van der Waals surface area contributed by atoms with E-state index < -0.39 is 0 Å². The van der Waals surface area contributed by atoms with Crippen molar-refractivity contribution in [2.75, 3.05) is 11.4 Å². The van der Waals surface area contributed by atoms with Crippen LogP contribution in [0.4, 0.5) is 10.1 Å². The molecule has 4 nitrogen and oxygen atoms in total. The molecule has 168 valence electrons. The Morgan fingerprint density at radius 3 is 2.24 bits per heavy atom. The van der Waals surface area contributed by atoms with Crippen LogP contribution in [0.3, 0.4) is 0 Å². The molecule has 1 aliphatic heterocycles. The van der Waals surface area contributed by atoms with E-state index in [0.717, 1.165) is 42.6 Å². The van der Waals surface area contributed by atoms with Gasteiger partial charge in [-0.25, -0.2) is 4.39 Å². The lowest BCUT2D eigenvalue weighted by Crippen LogP contribution is -2.36. The van der Waals surface area contributed by atoms with Crippen LogP contribution in [0.15, 0.2) is 72.8 Å². The average molecular weight is 443 g/mol. The number of amides is 2. The lowest BCUT2D eigenvalue weighted by atomic mass is 9.99. The Balaban J connectivity index is 1.27. The summed E-state index contributed by atoms with van der Waals surface area (Å²) < 4.78 is 13.3. The molecular weight excluding hydrogens is 415 g/mol. The minimum atomic E-state index is -0.287. The molecule has 1 fully saturated rings. The van der Waals surface area contributed by atoms with Crippen LogP contribution < -0.4 is 4.90 Å². The number of carbonyl (C=O) groups is 2. The van der Waals surface area contributed by atoms with E-state index in [0.29, 0.717) is 19.5 Å². The van der Waals surface area contributed by atoms with E-state index in [1.54, 1.807) is 17.0 Å². The first-order chi connectivity index (χ1) is 16.1. The van der Waals surface area contributed by atoms with Crippen LogP contribution in [0.5, 0.6) is 0 Å². The zero-order valence-electron chi connectivity index (χ0n) is 18.5. The van der Waals surface area contributed by atoms with Gasteiger partial charge in [-0.05, 0) is 65.8 Å². The zero-order valence-corrected chi connectivity index (χ0v) is 18.5. The molecule has 33 heavy (non-hydrogen) atoms. The number of rotatable bonds is 6. The van der Waals surface area contributed by atoms with Gasteiger partial charge in [0.1, 0.15) is 5.82 Å². The second-order valence-corrected chi connectivity index (χ2v) is 9.00. The summed E-state index contributed by atoms with van der Waals surface area (Å²) in [7, 11) is 0. The normalized spacial score (nSPS) is 15.1. The first kappa shape index (κ1) is 21.4. The van der Waals surface area contributed by atoms with Crippen LogP contribution in [0.25, 0.3) is 0 Å². The van der Waals surface area contributed by atoms with E-state index in [9.17, 15) is 14.0 Å². The van der Waals surface area contributed by atoms with Gasteiger partial charge >= 0.3 is 0 Å². The highest BCUT2D eigenvalue weighted by Crippen LogP contribution is 2.33. The molecule has 0 spiro atoms. The summed E-state index contributed by atoms with van der Waals surface area (Å²) in [4.78, 5) is 29.5. The maximum Gasteiger partial charge on any atom is 0.230 e. The van der Waals surface area contributed by atoms with Crippen LogP contribution in [0.2, 0.25) is 0 Å². The molecular formula is C28H27FN2O2. The third-order valence-electron chi connectivity index (χ3n) is 6.53. The van der Waals surface area contributed by atoms with Crippen molar-refractivity contribution in [1.82, 2.24) is 4.90 Å². The van der Waals surface area contributed by atoms with Crippen molar-refractivity contribution in [2.45, 2.75) is 38.8 Å². The summed E-state index contributed by atoms with van der Waals surface area (Å²) in [6.07, 6.45) is 3.08. The Morgan fingerprint density at radius 1 is 0.879 bits per heavy atom. The SMILES string of the molecule is O=C(Cc1ccc(N(Cc2ccc(F)cc2)C(=O)C2CC2)cc1)N1CCc2ccccc2C1. The zero-order chi connectivity index (χ0) is 22.8. The van der Waals surface area contributed by atoms with Gasteiger partial charge in [0.25, 0.3) is 0 Å². The number of fused-ring (bicyclic) bond motifs is 1. The molecule has 5 rings (SSSR count). The number of hydrogen-bond donors (Lipinski definition) is 0. The van der Waals surface area contributed by atoms with Crippen molar-refractivity contribution in [3.05, 3.63) is 101 Å². The van der Waals surface area contributed by atoms with E-state index in [1.807, 2.05) is 41.3 Å². The highest BCUT2D eigenvalue weighted by Gasteiger charge is 2.34. The Labute approximate surface area is 193 Å². The van der Waals surface area contributed by atoms with Gasteiger partial charge in [-0.2, -0.15) is 0 Å². The Morgan fingerprint density at radius 2 is 1.55 bits per heavy atom. The maximum absolute atomic E-state index is 13.3. The number of benzene rings is 3. The molecule has 3 aromatic rings. The highest BCUT2D eigenvalue weighted by atomic mass is 19.1. The smallest absolute Gasteiger partial charge is 0.230 e. The summed E-state index contributed by atoms with van der Waals surface area (Å²) in [6.45, 7) is 1.81. The quantitative estimate of drug-likeness (QED) is 0.545. The number of nitrogens with zero attached hydrogens (tertiary/aromatic N) is 2. The molecule has 0 unspecified atom stereocenters. The number of hydrogen-bond acceptors (Lipinski definition) is 2. The van der Waals surface area contributed by atoms with Crippen molar-refractivity contribution in [1.29, 1.82) is 0 Å². The molecule has 0 radical (unpaired) electrons. The van der Waals surface area contributed by atoms with Gasteiger partial charge in [-0.3, -0.25) is 9.59 Å². The molecule has 0 N–H and O–H groups in total. The summed E-state index contributed by atoms with van der Waals surface area (Å²) >= 11 is 0. The molecule has 2 amide bonds. The van der Waals surface area contributed by atoms with Crippen molar-refractivity contribution in [2.24, 2.45) is 5.92 Å². The minimum absolute atomic E-state index is 0.0775. The second-order valence-electron chi connectivity index (χ2n) is 9.00. The third kappa shape index (κ3) is 4.98. The molecule has 5 heteroatoms. The predicted octanol–water partition coefficient (Wildman–Crippen LogP) is 4.90. The van der Waals surface area contributed by atoms with Crippen molar-refractivity contribution < 1.29 is 14.0 Å². The van der Waals surface area contributed by atoms with Crippen LogP contribution in [-0.2, 0) is 35.5 Å². The molecule has 1 saturated carbocycles. The van der Waals surface area contributed by atoms with E-state index in [-0.39, 0.29) is 23.5 Å². The largest absolute Gasteiger partial charge is 0.338 e. The number of anilines is 1.